The van der Waals surface area contributed by atoms with E-state index in [0.29, 0.717) is 23.0 Å². The number of halogens is 1. The molecule has 0 bridgehead atoms. The zero-order valence-electron chi connectivity index (χ0n) is 17.9. The molecule has 1 N–H and O–H groups in total. The van der Waals surface area contributed by atoms with Crippen molar-refractivity contribution in [2.75, 3.05) is 45.8 Å². The minimum absolute atomic E-state index is 0.138. The van der Waals surface area contributed by atoms with Gasteiger partial charge in [-0.2, -0.15) is 5.10 Å². The van der Waals surface area contributed by atoms with Gasteiger partial charge in [-0.3, -0.25) is 14.0 Å². The van der Waals surface area contributed by atoms with Crippen LogP contribution in [0.3, 0.4) is 0 Å². The number of hydrogen-bond donors (Lipinski definition) is 1. The fourth-order valence-electron chi connectivity index (χ4n) is 4.18. The van der Waals surface area contributed by atoms with E-state index in [1.54, 1.807) is 16.5 Å². The molecule has 3 aromatic rings. The van der Waals surface area contributed by atoms with Crippen LogP contribution in [0.1, 0.15) is 19.8 Å². The topological polar surface area (TPSA) is 74.9 Å². The number of hydrogen-bond acceptors (Lipinski definition) is 5. The average molecular weight is 429 g/mol. The van der Waals surface area contributed by atoms with E-state index in [1.807, 2.05) is 0 Å². The molecule has 31 heavy (non-hydrogen) atoms. The van der Waals surface area contributed by atoms with E-state index < -0.39 is 0 Å². The molecule has 8 nitrogen and oxygen atoms in total. The summed E-state index contributed by atoms with van der Waals surface area (Å²) in [6.45, 7) is 9.12. The van der Waals surface area contributed by atoms with Crippen molar-refractivity contribution in [3.8, 4) is 0 Å². The number of nitrogens with zero attached hydrogens (tertiary/aromatic N) is 5. The second-order valence-corrected chi connectivity index (χ2v) is 8.08. The van der Waals surface area contributed by atoms with Crippen LogP contribution < -0.4 is 10.9 Å². The molecule has 0 aliphatic carbocycles. The Morgan fingerprint density at radius 1 is 1.10 bits per heavy atom. The number of carbonyl (C=O) groups is 1. The molecule has 0 unspecified atom stereocenters. The number of benzene rings is 1. The second-order valence-electron chi connectivity index (χ2n) is 8.08. The molecule has 1 amide bonds. The minimum atomic E-state index is -0.376. The van der Waals surface area contributed by atoms with E-state index in [0.717, 1.165) is 43.8 Å². The van der Waals surface area contributed by atoms with Crippen molar-refractivity contribution < 1.29 is 9.18 Å². The molecule has 1 saturated heterocycles. The van der Waals surface area contributed by atoms with Crippen LogP contribution in [0.4, 0.5) is 4.39 Å². The molecular weight excluding hydrogens is 399 g/mol. The van der Waals surface area contributed by atoms with Gasteiger partial charge in [0.1, 0.15) is 24.2 Å². The molecule has 4 rings (SSSR count). The smallest absolute Gasteiger partial charge is 0.291 e. The Hall–Kier alpha value is -2.78. The first-order valence-corrected chi connectivity index (χ1v) is 10.9. The van der Waals surface area contributed by atoms with Crippen LogP contribution in [0.5, 0.6) is 0 Å². The Kier molecular flexibility index (Phi) is 6.62. The number of piperazine rings is 1. The zero-order chi connectivity index (χ0) is 21.8. The first kappa shape index (κ1) is 21.5. The van der Waals surface area contributed by atoms with E-state index in [-0.39, 0.29) is 23.8 Å². The lowest BCUT2D eigenvalue weighted by Gasteiger charge is -2.34. The van der Waals surface area contributed by atoms with Crippen LogP contribution in [-0.4, -0.2) is 75.7 Å². The highest BCUT2D eigenvalue weighted by molar-refractivity contribution is 5.86. The van der Waals surface area contributed by atoms with Gasteiger partial charge < -0.3 is 15.1 Å². The average Bonchev–Trinajstić information content (AvgIpc) is 3.13. The fourth-order valence-corrected chi connectivity index (χ4v) is 4.18. The van der Waals surface area contributed by atoms with Gasteiger partial charge in [-0.25, -0.2) is 9.07 Å². The summed E-state index contributed by atoms with van der Waals surface area (Å²) in [5.41, 5.74) is 0.693. The number of carbonyl (C=O) groups excluding carboxylic acids is 1. The van der Waals surface area contributed by atoms with Crippen LogP contribution in [0.15, 0.2) is 35.4 Å². The zero-order valence-corrected chi connectivity index (χ0v) is 17.9. The van der Waals surface area contributed by atoms with Gasteiger partial charge in [0.2, 0.25) is 5.91 Å². The summed E-state index contributed by atoms with van der Waals surface area (Å²) < 4.78 is 16.2. The first-order chi connectivity index (χ1) is 15.0. The summed E-state index contributed by atoms with van der Waals surface area (Å²) in [6.07, 6.45) is 3.55. The van der Waals surface area contributed by atoms with Gasteiger partial charge in [-0.1, -0.05) is 6.92 Å². The molecule has 1 aromatic carbocycles. The maximum absolute atomic E-state index is 13.5. The van der Waals surface area contributed by atoms with Crippen molar-refractivity contribution >= 4 is 22.3 Å². The predicted octanol–water partition coefficient (Wildman–Crippen LogP) is 1.32. The van der Waals surface area contributed by atoms with Crippen molar-refractivity contribution in [2.45, 2.75) is 26.3 Å². The largest absolute Gasteiger partial charge is 0.354 e. The molecule has 3 heterocycles. The highest BCUT2D eigenvalue weighted by Crippen LogP contribution is 2.18. The molecule has 2 aromatic heterocycles. The summed E-state index contributed by atoms with van der Waals surface area (Å²) in [6, 6.07) is 5.96. The van der Waals surface area contributed by atoms with E-state index in [2.05, 4.69) is 27.1 Å². The lowest BCUT2D eigenvalue weighted by atomic mass is 10.2. The maximum atomic E-state index is 13.5. The molecule has 0 atom stereocenters. The summed E-state index contributed by atoms with van der Waals surface area (Å²) >= 11 is 0. The van der Waals surface area contributed by atoms with Crippen LogP contribution in [0, 0.1) is 5.82 Å². The van der Waals surface area contributed by atoms with Gasteiger partial charge in [-0.05, 0) is 50.2 Å². The van der Waals surface area contributed by atoms with E-state index in [1.165, 1.54) is 31.4 Å². The van der Waals surface area contributed by atoms with Crippen molar-refractivity contribution in [3.63, 3.8) is 0 Å². The Bertz CT molecular complexity index is 1120. The van der Waals surface area contributed by atoms with Crippen molar-refractivity contribution in [1.29, 1.82) is 0 Å². The van der Waals surface area contributed by atoms with Gasteiger partial charge in [0.05, 0.1) is 5.52 Å². The minimum Gasteiger partial charge on any atom is -0.354 e. The van der Waals surface area contributed by atoms with Gasteiger partial charge in [0, 0.05) is 38.1 Å². The van der Waals surface area contributed by atoms with Gasteiger partial charge in [0.15, 0.2) is 0 Å². The Morgan fingerprint density at radius 3 is 2.58 bits per heavy atom. The first-order valence-electron chi connectivity index (χ1n) is 10.9. The summed E-state index contributed by atoms with van der Waals surface area (Å²) in [4.78, 5) is 29.9. The maximum Gasteiger partial charge on any atom is 0.291 e. The number of aromatic nitrogens is 3. The predicted molar refractivity (Wildman–Crippen MR) is 118 cm³/mol. The molecule has 1 aliphatic rings. The number of nitrogens with one attached hydrogen (secondary N) is 1. The van der Waals surface area contributed by atoms with Gasteiger partial charge in [0.25, 0.3) is 5.56 Å². The Labute approximate surface area is 180 Å². The summed E-state index contributed by atoms with van der Waals surface area (Å²) in [5.74, 6) is -0.604. The molecule has 1 fully saturated rings. The van der Waals surface area contributed by atoms with Crippen molar-refractivity contribution in [1.82, 2.24) is 29.3 Å². The lowest BCUT2D eigenvalue weighted by molar-refractivity contribution is -0.121. The van der Waals surface area contributed by atoms with Gasteiger partial charge >= 0.3 is 0 Å². The molecule has 0 radical (unpaired) electrons. The number of fused-ring (bicyclic) bond motifs is 3. The molecule has 0 saturated carbocycles. The normalized spacial score (nSPS) is 15.7. The monoisotopic (exact) mass is 428 g/mol. The fraction of sp³-hybridized carbons (Fsp3) is 0.500. The van der Waals surface area contributed by atoms with E-state index in [4.69, 9.17) is 0 Å². The molecule has 0 spiro atoms. The summed E-state index contributed by atoms with van der Waals surface area (Å²) in [7, 11) is 0. The SMILES string of the molecule is CCCN1CCN(CCCNC(=O)Cn2ncn3c(cc4cc(F)ccc43)c2=O)CC1. The quantitative estimate of drug-likeness (QED) is 0.548. The number of amides is 1. The van der Waals surface area contributed by atoms with Crippen LogP contribution in [0.2, 0.25) is 0 Å². The van der Waals surface area contributed by atoms with Crippen LogP contribution >= 0.6 is 0 Å². The third-order valence-corrected chi connectivity index (χ3v) is 5.83. The second kappa shape index (κ2) is 9.57. The van der Waals surface area contributed by atoms with E-state index >= 15 is 0 Å². The van der Waals surface area contributed by atoms with Crippen molar-refractivity contribution in [2.24, 2.45) is 0 Å². The Morgan fingerprint density at radius 2 is 1.84 bits per heavy atom. The highest BCUT2D eigenvalue weighted by atomic mass is 19.1. The van der Waals surface area contributed by atoms with Crippen LogP contribution in [0.25, 0.3) is 16.4 Å². The molecule has 1 aliphatic heterocycles. The van der Waals surface area contributed by atoms with E-state index in [9.17, 15) is 14.0 Å². The lowest BCUT2D eigenvalue weighted by Crippen LogP contribution is -2.47. The van der Waals surface area contributed by atoms with Crippen LogP contribution in [-0.2, 0) is 11.3 Å². The third-order valence-electron chi connectivity index (χ3n) is 5.83. The molecule has 9 heteroatoms. The standard InChI is InChI=1S/C22H29FN6O2/c1-2-7-26-9-11-27(12-10-26)8-3-6-24-21(30)15-29-22(31)20-14-17-13-18(23)4-5-19(17)28(20)16-25-29/h4-5,13-14,16H,2-3,6-12,15H2,1H3,(H,24,30). The summed E-state index contributed by atoms with van der Waals surface area (Å²) in [5, 5.41) is 7.61. The Balaban J connectivity index is 1.28. The molecular formula is C22H29FN6O2. The third kappa shape index (κ3) is 4.94. The highest BCUT2D eigenvalue weighted by Gasteiger charge is 2.16. The van der Waals surface area contributed by atoms with Gasteiger partial charge in [-0.15, -0.1) is 0 Å². The molecule has 166 valence electrons. The number of rotatable bonds is 8. The van der Waals surface area contributed by atoms with Crippen molar-refractivity contribution in [3.05, 3.63) is 46.8 Å².